The molecule has 4 nitrogen and oxygen atoms in total. The molecular formula is C12H9Br2FN2O2S. The van der Waals surface area contributed by atoms with Crippen molar-refractivity contribution in [3.8, 4) is 0 Å². The fourth-order valence-corrected chi connectivity index (χ4v) is 3.70. The van der Waals surface area contributed by atoms with Gasteiger partial charge in [-0.1, -0.05) is 22.0 Å². The number of benzene rings is 2. The van der Waals surface area contributed by atoms with Crippen LogP contribution in [0, 0.1) is 5.82 Å². The molecule has 106 valence electrons. The van der Waals surface area contributed by atoms with E-state index < -0.39 is 15.8 Å². The molecule has 0 fully saturated rings. The second-order valence-corrected chi connectivity index (χ2v) is 7.31. The summed E-state index contributed by atoms with van der Waals surface area (Å²) in [5.74, 6) is -0.682. The topological polar surface area (TPSA) is 72.2 Å². The highest BCUT2D eigenvalue weighted by Crippen LogP contribution is 2.30. The van der Waals surface area contributed by atoms with Gasteiger partial charge in [-0.15, -0.1) is 0 Å². The molecule has 0 atom stereocenters. The van der Waals surface area contributed by atoms with Crippen molar-refractivity contribution in [1.29, 1.82) is 0 Å². The Kier molecular flexibility index (Phi) is 4.36. The number of para-hydroxylation sites is 1. The average molecular weight is 424 g/mol. The smallest absolute Gasteiger partial charge is 0.264 e. The van der Waals surface area contributed by atoms with Gasteiger partial charge >= 0.3 is 0 Å². The molecule has 20 heavy (non-hydrogen) atoms. The highest BCUT2D eigenvalue weighted by Gasteiger charge is 2.20. The molecular weight excluding hydrogens is 415 g/mol. The van der Waals surface area contributed by atoms with E-state index in [-0.39, 0.29) is 16.3 Å². The Labute approximate surface area is 132 Å². The van der Waals surface area contributed by atoms with Gasteiger partial charge in [-0.2, -0.15) is 0 Å². The number of halogens is 3. The summed E-state index contributed by atoms with van der Waals surface area (Å²) in [5.41, 5.74) is 5.59. The van der Waals surface area contributed by atoms with Crippen LogP contribution in [0.25, 0.3) is 0 Å². The third-order valence-corrected chi connectivity index (χ3v) is 5.04. The number of nitrogens with two attached hydrogens (primary N) is 1. The average Bonchev–Trinajstić information content (AvgIpc) is 2.33. The van der Waals surface area contributed by atoms with Gasteiger partial charge < -0.3 is 5.73 Å². The lowest BCUT2D eigenvalue weighted by Gasteiger charge is -2.12. The van der Waals surface area contributed by atoms with Gasteiger partial charge in [0.25, 0.3) is 10.0 Å². The van der Waals surface area contributed by atoms with Crippen LogP contribution >= 0.6 is 31.9 Å². The van der Waals surface area contributed by atoms with E-state index in [0.29, 0.717) is 8.95 Å². The van der Waals surface area contributed by atoms with E-state index in [2.05, 4.69) is 36.6 Å². The number of rotatable bonds is 3. The highest BCUT2D eigenvalue weighted by atomic mass is 79.9. The molecule has 0 aromatic heterocycles. The maximum atomic E-state index is 13.7. The minimum Gasteiger partial charge on any atom is -0.398 e. The molecule has 0 bridgehead atoms. The normalized spacial score (nSPS) is 11.3. The van der Waals surface area contributed by atoms with Crippen molar-refractivity contribution in [2.75, 3.05) is 10.5 Å². The molecule has 0 heterocycles. The van der Waals surface area contributed by atoms with Crippen LogP contribution in [-0.2, 0) is 10.0 Å². The first kappa shape index (κ1) is 15.3. The molecule has 0 aliphatic carbocycles. The molecule has 0 saturated carbocycles. The Morgan fingerprint density at radius 2 is 1.85 bits per heavy atom. The number of nitrogens with one attached hydrogen (secondary N) is 1. The first-order valence-electron chi connectivity index (χ1n) is 5.33. The van der Waals surface area contributed by atoms with Crippen LogP contribution in [0.2, 0.25) is 0 Å². The Morgan fingerprint density at radius 1 is 1.15 bits per heavy atom. The summed E-state index contributed by atoms with van der Waals surface area (Å²) in [6.07, 6.45) is 0. The number of hydrogen-bond donors (Lipinski definition) is 2. The third-order valence-electron chi connectivity index (χ3n) is 2.46. The molecule has 3 N–H and O–H groups in total. The van der Waals surface area contributed by atoms with Crippen LogP contribution in [0.3, 0.4) is 0 Å². The van der Waals surface area contributed by atoms with Gasteiger partial charge in [-0.25, -0.2) is 12.8 Å². The molecule has 0 unspecified atom stereocenters. The van der Waals surface area contributed by atoms with Gasteiger partial charge in [0.2, 0.25) is 0 Å². The van der Waals surface area contributed by atoms with Crippen LogP contribution in [0.5, 0.6) is 0 Å². The van der Waals surface area contributed by atoms with Crippen LogP contribution in [-0.4, -0.2) is 8.42 Å². The summed E-state index contributed by atoms with van der Waals surface area (Å²) in [7, 11) is -3.97. The predicted octanol–water partition coefficient (Wildman–Crippen LogP) is 3.73. The van der Waals surface area contributed by atoms with Gasteiger partial charge in [0.15, 0.2) is 0 Å². The standard InChI is InChI=1S/C12H9Br2FN2O2S/c13-7-4-5-11(10(16)6-7)20(18,19)17-12-8(14)2-1-3-9(12)15/h1-6,17H,16H2. The number of nitrogen functional groups attached to an aromatic ring is 1. The quantitative estimate of drug-likeness (QED) is 0.738. The van der Waals surface area contributed by atoms with Crippen molar-refractivity contribution in [2.45, 2.75) is 4.90 Å². The Bertz CT molecular complexity index is 746. The van der Waals surface area contributed by atoms with Gasteiger partial charge in [-0.05, 0) is 46.3 Å². The lowest BCUT2D eigenvalue weighted by Crippen LogP contribution is -2.16. The van der Waals surface area contributed by atoms with Crippen LogP contribution in [0.4, 0.5) is 15.8 Å². The van der Waals surface area contributed by atoms with E-state index in [9.17, 15) is 12.8 Å². The lowest BCUT2D eigenvalue weighted by molar-refractivity contribution is 0.598. The third kappa shape index (κ3) is 3.13. The number of anilines is 2. The summed E-state index contributed by atoms with van der Waals surface area (Å²) in [4.78, 5) is -0.115. The fraction of sp³-hybridized carbons (Fsp3) is 0. The van der Waals surface area contributed by atoms with Crippen LogP contribution in [0.1, 0.15) is 0 Å². The minimum atomic E-state index is -3.97. The van der Waals surface area contributed by atoms with E-state index in [0.717, 1.165) is 6.07 Å². The summed E-state index contributed by atoms with van der Waals surface area (Å²) in [5, 5.41) is 0. The molecule has 0 radical (unpaired) electrons. The molecule has 0 saturated heterocycles. The van der Waals surface area contributed by atoms with Crippen LogP contribution < -0.4 is 10.5 Å². The van der Waals surface area contributed by atoms with E-state index >= 15 is 0 Å². The molecule has 8 heteroatoms. The lowest BCUT2D eigenvalue weighted by atomic mass is 10.3. The summed E-state index contributed by atoms with van der Waals surface area (Å²) >= 11 is 6.29. The Morgan fingerprint density at radius 3 is 2.45 bits per heavy atom. The van der Waals surface area contributed by atoms with Crippen molar-refractivity contribution < 1.29 is 12.8 Å². The number of sulfonamides is 1. The second-order valence-electron chi connectivity index (χ2n) is 3.88. The van der Waals surface area contributed by atoms with Gasteiger partial charge in [-0.3, -0.25) is 4.72 Å². The first-order valence-corrected chi connectivity index (χ1v) is 8.40. The maximum Gasteiger partial charge on any atom is 0.264 e. The molecule has 0 aliphatic heterocycles. The minimum absolute atomic E-state index is 0.0688. The summed E-state index contributed by atoms with van der Waals surface area (Å²) in [6.45, 7) is 0. The van der Waals surface area contributed by atoms with E-state index in [1.165, 1.54) is 24.3 Å². The zero-order valence-electron chi connectivity index (χ0n) is 9.90. The SMILES string of the molecule is Nc1cc(Br)ccc1S(=O)(=O)Nc1c(F)cccc1Br. The largest absolute Gasteiger partial charge is 0.398 e. The predicted molar refractivity (Wildman–Crippen MR) is 83.5 cm³/mol. The first-order chi connectivity index (χ1) is 9.31. The summed E-state index contributed by atoms with van der Waals surface area (Å²) in [6, 6.07) is 8.51. The van der Waals surface area contributed by atoms with Crippen molar-refractivity contribution in [3.63, 3.8) is 0 Å². The van der Waals surface area contributed by atoms with Crippen molar-refractivity contribution >= 4 is 53.3 Å². The molecule has 2 aromatic rings. The van der Waals surface area contributed by atoms with E-state index in [1.807, 2.05) is 0 Å². The molecule has 0 amide bonds. The Hall–Kier alpha value is -1.12. The Balaban J connectivity index is 2.46. The van der Waals surface area contributed by atoms with E-state index in [4.69, 9.17) is 5.73 Å². The van der Waals surface area contributed by atoms with Crippen molar-refractivity contribution in [2.24, 2.45) is 0 Å². The zero-order valence-corrected chi connectivity index (χ0v) is 13.9. The highest BCUT2D eigenvalue weighted by molar-refractivity contribution is 9.10. The van der Waals surface area contributed by atoms with Crippen molar-refractivity contribution in [1.82, 2.24) is 0 Å². The maximum absolute atomic E-state index is 13.7. The van der Waals surface area contributed by atoms with Gasteiger partial charge in [0, 0.05) is 8.95 Å². The second kappa shape index (κ2) is 5.71. The summed E-state index contributed by atoms with van der Waals surface area (Å²) < 4.78 is 41.3. The van der Waals surface area contributed by atoms with Crippen LogP contribution in [0.15, 0.2) is 50.2 Å². The van der Waals surface area contributed by atoms with Gasteiger partial charge in [0.1, 0.15) is 10.7 Å². The monoisotopic (exact) mass is 422 g/mol. The fourth-order valence-electron chi connectivity index (χ4n) is 1.55. The van der Waals surface area contributed by atoms with Gasteiger partial charge in [0.05, 0.1) is 11.4 Å². The zero-order chi connectivity index (χ0) is 14.9. The molecule has 2 aromatic carbocycles. The molecule has 0 spiro atoms. The number of hydrogen-bond acceptors (Lipinski definition) is 3. The van der Waals surface area contributed by atoms with E-state index in [1.54, 1.807) is 6.07 Å². The molecule has 0 aliphatic rings. The van der Waals surface area contributed by atoms with Crippen molar-refractivity contribution in [3.05, 3.63) is 51.2 Å². The molecule has 2 rings (SSSR count).